The van der Waals surface area contributed by atoms with Gasteiger partial charge in [-0.1, -0.05) is 13.0 Å². The summed E-state index contributed by atoms with van der Waals surface area (Å²) < 4.78 is 5.32. The van der Waals surface area contributed by atoms with E-state index in [4.69, 9.17) is 4.74 Å². The molecule has 1 unspecified atom stereocenters. The zero-order valence-electron chi connectivity index (χ0n) is 17.0. The topological polar surface area (TPSA) is 69.2 Å². The van der Waals surface area contributed by atoms with Crippen LogP contribution in [0.15, 0.2) is 29.3 Å². The van der Waals surface area contributed by atoms with Crippen LogP contribution in [-0.2, 0) is 4.79 Å². The summed E-state index contributed by atoms with van der Waals surface area (Å²) in [5.74, 6) is 1.81. The number of guanidine groups is 1. The van der Waals surface area contributed by atoms with Gasteiger partial charge in [-0.3, -0.25) is 9.79 Å². The molecule has 150 valence electrons. The number of rotatable bonds is 7. The fourth-order valence-corrected chi connectivity index (χ4v) is 3.05. The van der Waals surface area contributed by atoms with E-state index in [2.05, 4.69) is 44.5 Å². The van der Waals surface area contributed by atoms with Crippen molar-refractivity contribution in [1.82, 2.24) is 15.5 Å². The highest BCUT2D eigenvalue weighted by Gasteiger charge is 2.20. The van der Waals surface area contributed by atoms with Crippen LogP contribution in [0.2, 0.25) is 0 Å². The molecule has 0 bridgehead atoms. The molecule has 2 N–H and O–H groups in total. The van der Waals surface area contributed by atoms with E-state index in [1.807, 2.05) is 19.1 Å². The molecule has 1 atom stereocenters. The number of piperazine rings is 1. The van der Waals surface area contributed by atoms with Crippen molar-refractivity contribution in [3.05, 3.63) is 24.3 Å². The standard InChI is InChI=1S/C20H33N5O2/c1-5-16(2)23-19(26)9-10-22-20(21-3)25-13-11-24(12-14-25)17-7-6-8-18(15-17)27-4/h6-8,15-16H,5,9-14H2,1-4H3,(H,21,22)(H,23,26). The quantitative estimate of drug-likeness (QED) is 0.561. The van der Waals surface area contributed by atoms with Crippen LogP contribution >= 0.6 is 0 Å². The van der Waals surface area contributed by atoms with E-state index in [1.54, 1.807) is 14.2 Å². The summed E-state index contributed by atoms with van der Waals surface area (Å²) in [6, 6.07) is 8.38. The first-order valence-electron chi connectivity index (χ1n) is 9.71. The maximum atomic E-state index is 11.9. The third kappa shape index (κ3) is 6.34. The molecule has 0 spiro atoms. The number of methoxy groups -OCH3 is 1. The molecule has 0 aliphatic carbocycles. The minimum absolute atomic E-state index is 0.0788. The molecule has 1 fully saturated rings. The van der Waals surface area contributed by atoms with E-state index in [9.17, 15) is 4.79 Å². The number of hydrogen-bond donors (Lipinski definition) is 2. The molecule has 1 amide bonds. The molecule has 7 heteroatoms. The Morgan fingerprint density at radius 2 is 2.04 bits per heavy atom. The van der Waals surface area contributed by atoms with Crippen molar-refractivity contribution in [3.8, 4) is 5.75 Å². The van der Waals surface area contributed by atoms with Gasteiger partial charge in [-0.15, -0.1) is 0 Å². The highest BCUT2D eigenvalue weighted by Crippen LogP contribution is 2.22. The number of anilines is 1. The van der Waals surface area contributed by atoms with E-state index in [-0.39, 0.29) is 11.9 Å². The van der Waals surface area contributed by atoms with Crippen molar-refractivity contribution < 1.29 is 9.53 Å². The number of aliphatic imine (C=N–C) groups is 1. The van der Waals surface area contributed by atoms with E-state index in [1.165, 1.54) is 5.69 Å². The van der Waals surface area contributed by atoms with Crippen molar-refractivity contribution >= 4 is 17.6 Å². The molecular weight excluding hydrogens is 342 g/mol. The molecule has 1 aliphatic heterocycles. The zero-order chi connectivity index (χ0) is 19.6. The molecule has 1 aliphatic rings. The van der Waals surface area contributed by atoms with Gasteiger partial charge in [0.25, 0.3) is 0 Å². The zero-order valence-corrected chi connectivity index (χ0v) is 17.0. The van der Waals surface area contributed by atoms with Crippen LogP contribution in [0.5, 0.6) is 5.75 Å². The van der Waals surface area contributed by atoms with Gasteiger partial charge in [-0.05, 0) is 25.5 Å². The first-order chi connectivity index (χ1) is 13.1. The Labute approximate surface area is 162 Å². The lowest BCUT2D eigenvalue weighted by molar-refractivity contribution is -0.121. The second kappa shape index (κ2) is 10.6. The Morgan fingerprint density at radius 1 is 1.30 bits per heavy atom. The molecule has 2 rings (SSSR count). The lowest BCUT2D eigenvalue weighted by atomic mass is 10.2. The lowest BCUT2D eigenvalue weighted by Crippen LogP contribution is -2.53. The van der Waals surface area contributed by atoms with Crippen LogP contribution in [-0.4, -0.2) is 69.7 Å². The van der Waals surface area contributed by atoms with Crippen molar-refractivity contribution in [2.45, 2.75) is 32.7 Å². The van der Waals surface area contributed by atoms with Gasteiger partial charge >= 0.3 is 0 Å². The van der Waals surface area contributed by atoms with Crippen molar-refractivity contribution in [1.29, 1.82) is 0 Å². The van der Waals surface area contributed by atoms with Gasteiger partial charge in [0.05, 0.1) is 7.11 Å². The van der Waals surface area contributed by atoms with Crippen molar-refractivity contribution in [3.63, 3.8) is 0 Å². The molecule has 27 heavy (non-hydrogen) atoms. The Balaban J connectivity index is 1.78. The van der Waals surface area contributed by atoms with Crippen LogP contribution in [0.1, 0.15) is 26.7 Å². The van der Waals surface area contributed by atoms with E-state index >= 15 is 0 Å². The van der Waals surface area contributed by atoms with Crippen LogP contribution in [0.25, 0.3) is 0 Å². The third-order valence-electron chi connectivity index (χ3n) is 4.86. The largest absolute Gasteiger partial charge is 0.497 e. The average Bonchev–Trinajstić information content (AvgIpc) is 2.71. The number of amides is 1. The van der Waals surface area contributed by atoms with Crippen LogP contribution in [0.4, 0.5) is 5.69 Å². The fourth-order valence-electron chi connectivity index (χ4n) is 3.05. The minimum atomic E-state index is 0.0788. The number of carbonyl (C=O) groups excluding carboxylic acids is 1. The number of nitrogens with zero attached hydrogens (tertiary/aromatic N) is 3. The van der Waals surface area contributed by atoms with E-state index in [0.29, 0.717) is 13.0 Å². The first-order valence-corrected chi connectivity index (χ1v) is 9.71. The van der Waals surface area contributed by atoms with Gasteiger partial charge in [0.15, 0.2) is 5.96 Å². The summed E-state index contributed by atoms with van der Waals surface area (Å²) in [6.45, 7) is 8.28. The van der Waals surface area contributed by atoms with E-state index in [0.717, 1.165) is 44.3 Å². The molecule has 7 nitrogen and oxygen atoms in total. The Morgan fingerprint density at radius 3 is 2.67 bits per heavy atom. The predicted octanol–water partition coefficient (Wildman–Crippen LogP) is 1.70. The second-order valence-electron chi connectivity index (χ2n) is 6.78. The van der Waals surface area contributed by atoms with E-state index < -0.39 is 0 Å². The molecular formula is C20H33N5O2. The number of hydrogen-bond acceptors (Lipinski definition) is 4. The molecule has 0 radical (unpaired) electrons. The highest BCUT2D eigenvalue weighted by atomic mass is 16.5. The molecule has 1 aromatic rings. The first kappa shape index (κ1) is 20.9. The smallest absolute Gasteiger partial charge is 0.221 e. The predicted molar refractivity (Wildman–Crippen MR) is 111 cm³/mol. The van der Waals surface area contributed by atoms with Gasteiger partial charge < -0.3 is 25.2 Å². The van der Waals surface area contributed by atoms with Crippen molar-refractivity contribution in [2.75, 3.05) is 51.8 Å². The average molecular weight is 376 g/mol. The van der Waals surface area contributed by atoms with Gasteiger partial charge in [-0.2, -0.15) is 0 Å². The van der Waals surface area contributed by atoms with Crippen LogP contribution < -0.4 is 20.3 Å². The number of nitrogens with one attached hydrogen (secondary N) is 2. The van der Waals surface area contributed by atoms with Crippen molar-refractivity contribution in [2.24, 2.45) is 4.99 Å². The monoisotopic (exact) mass is 375 g/mol. The second-order valence-corrected chi connectivity index (χ2v) is 6.78. The van der Waals surface area contributed by atoms with Gasteiger partial charge in [0.1, 0.15) is 5.75 Å². The molecule has 1 saturated heterocycles. The molecule has 0 saturated carbocycles. The summed E-state index contributed by atoms with van der Waals surface area (Å²) in [4.78, 5) is 20.9. The Hall–Kier alpha value is -2.44. The van der Waals surface area contributed by atoms with Gasteiger partial charge in [0.2, 0.25) is 5.91 Å². The maximum Gasteiger partial charge on any atom is 0.221 e. The molecule has 1 aromatic carbocycles. The van der Waals surface area contributed by atoms with Gasteiger partial charge in [-0.25, -0.2) is 0 Å². The number of carbonyl (C=O) groups is 1. The summed E-state index contributed by atoms with van der Waals surface area (Å²) in [6.07, 6.45) is 1.39. The number of ether oxygens (including phenoxy) is 1. The summed E-state index contributed by atoms with van der Waals surface area (Å²) in [5, 5.41) is 6.30. The maximum absolute atomic E-state index is 11.9. The summed E-state index contributed by atoms with van der Waals surface area (Å²) in [5.41, 5.74) is 1.18. The highest BCUT2D eigenvalue weighted by molar-refractivity contribution is 5.81. The molecule has 1 heterocycles. The lowest BCUT2D eigenvalue weighted by Gasteiger charge is -2.37. The van der Waals surface area contributed by atoms with Gasteiger partial charge in [0, 0.05) is 64.0 Å². The summed E-state index contributed by atoms with van der Waals surface area (Å²) >= 11 is 0. The number of benzene rings is 1. The van der Waals surface area contributed by atoms with Crippen LogP contribution in [0, 0.1) is 0 Å². The van der Waals surface area contributed by atoms with Crippen LogP contribution in [0.3, 0.4) is 0 Å². The molecule has 0 aromatic heterocycles. The Bertz CT molecular complexity index is 627. The Kier molecular flexibility index (Phi) is 8.23. The summed E-state index contributed by atoms with van der Waals surface area (Å²) in [7, 11) is 3.48. The third-order valence-corrected chi connectivity index (χ3v) is 4.86. The normalized spacial score (nSPS) is 16.1. The minimum Gasteiger partial charge on any atom is -0.497 e. The fraction of sp³-hybridized carbons (Fsp3) is 0.600. The SMILES string of the molecule is CCC(C)NC(=O)CCNC(=NC)N1CCN(c2cccc(OC)c2)CC1.